The molecule has 130 valence electrons. The summed E-state index contributed by atoms with van der Waals surface area (Å²) < 4.78 is 32.4. The maximum absolute atomic E-state index is 13.0. The first kappa shape index (κ1) is 17.5. The highest BCUT2D eigenvalue weighted by Crippen LogP contribution is 2.33. The smallest absolute Gasteiger partial charge is 0.313 e. The minimum Gasteiger partial charge on any atom is -0.424 e. The zero-order valence-electron chi connectivity index (χ0n) is 13.6. The normalized spacial score (nSPS) is 11.8. The van der Waals surface area contributed by atoms with Crippen LogP contribution in [0.25, 0.3) is 10.9 Å². The molecule has 5 nitrogen and oxygen atoms in total. The molecule has 0 unspecified atom stereocenters. The predicted molar refractivity (Wildman–Crippen MR) is 96.4 cm³/mol. The Morgan fingerprint density at radius 1 is 1.12 bits per heavy atom. The summed E-state index contributed by atoms with van der Waals surface area (Å²) >= 11 is 6.03. The van der Waals surface area contributed by atoms with Gasteiger partial charge >= 0.3 is 5.97 Å². The van der Waals surface area contributed by atoms with Crippen LogP contribution in [0.15, 0.2) is 59.6 Å². The summed E-state index contributed by atoms with van der Waals surface area (Å²) in [6.07, 6.45) is 1.31. The molecule has 0 fully saturated rings. The second-order valence-electron chi connectivity index (χ2n) is 5.84. The van der Waals surface area contributed by atoms with Crippen LogP contribution in [-0.4, -0.2) is 18.4 Å². The molecule has 25 heavy (non-hydrogen) atoms. The lowest BCUT2D eigenvalue weighted by Gasteiger charge is -2.07. The number of hydrogen-bond acceptors (Lipinski definition) is 4. The van der Waals surface area contributed by atoms with Crippen LogP contribution in [-0.2, 0) is 14.8 Å². The number of ether oxygens (including phenoxy) is 1. The molecule has 0 bridgehead atoms. The van der Waals surface area contributed by atoms with Crippen molar-refractivity contribution in [2.24, 2.45) is 5.92 Å². The molecule has 0 atom stereocenters. The molecule has 3 aromatic rings. The van der Waals surface area contributed by atoms with E-state index >= 15 is 0 Å². The fourth-order valence-electron chi connectivity index (χ4n) is 2.36. The van der Waals surface area contributed by atoms with Crippen LogP contribution in [0.2, 0.25) is 5.02 Å². The third kappa shape index (κ3) is 3.27. The highest BCUT2D eigenvalue weighted by molar-refractivity contribution is 7.90. The average molecular weight is 378 g/mol. The van der Waals surface area contributed by atoms with Crippen LogP contribution in [0, 0.1) is 5.92 Å². The maximum atomic E-state index is 13.0. The van der Waals surface area contributed by atoms with E-state index in [9.17, 15) is 13.2 Å². The number of halogens is 1. The number of nitrogens with zero attached hydrogens (tertiary/aromatic N) is 1. The summed E-state index contributed by atoms with van der Waals surface area (Å²) in [4.78, 5) is 12.1. The zero-order valence-corrected chi connectivity index (χ0v) is 15.2. The topological polar surface area (TPSA) is 65.4 Å². The Labute approximate surface area is 150 Å². The fourth-order valence-corrected chi connectivity index (χ4v) is 3.91. The van der Waals surface area contributed by atoms with Crippen molar-refractivity contribution < 1.29 is 17.9 Å². The number of aromatic nitrogens is 1. The molecule has 1 aromatic heterocycles. The highest BCUT2D eigenvalue weighted by atomic mass is 35.5. The molecular formula is C18H16ClNO4S. The van der Waals surface area contributed by atoms with Gasteiger partial charge in [-0.2, -0.15) is 0 Å². The lowest BCUT2D eigenvalue weighted by atomic mass is 10.2. The minimum atomic E-state index is -3.83. The van der Waals surface area contributed by atoms with E-state index in [0.29, 0.717) is 15.9 Å². The van der Waals surface area contributed by atoms with Crippen molar-refractivity contribution in [3.05, 3.63) is 59.8 Å². The van der Waals surface area contributed by atoms with Crippen LogP contribution in [0.4, 0.5) is 0 Å². The summed E-state index contributed by atoms with van der Waals surface area (Å²) in [6.45, 7) is 3.41. The van der Waals surface area contributed by atoms with E-state index < -0.39 is 16.0 Å². The number of rotatable bonds is 4. The number of carbonyl (C=O) groups excluding carboxylic acids is 1. The van der Waals surface area contributed by atoms with E-state index in [0.717, 1.165) is 3.97 Å². The number of benzene rings is 2. The van der Waals surface area contributed by atoms with Crippen LogP contribution in [0.1, 0.15) is 13.8 Å². The summed E-state index contributed by atoms with van der Waals surface area (Å²) in [5.74, 6) is -0.629. The molecule has 2 aromatic carbocycles. The van der Waals surface area contributed by atoms with Gasteiger partial charge < -0.3 is 4.74 Å². The molecule has 0 N–H and O–H groups in total. The Balaban J connectivity index is 2.21. The van der Waals surface area contributed by atoms with Gasteiger partial charge in [-0.25, -0.2) is 12.4 Å². The minimum absolute atomic E-state index is 0.142. The van der Waals surface area contributed by atoms with Gasteiger partial charge in [0.15, 0.2) is 5.75 Å². The Bertz CT molecular complexity index is 1040. The monoisotopic (exact) mass is 377 g/mol. The quantitative estimate of drug-likeness (QED) is 0.642. The van der Waals surface area contributed by atoms with E-state index in [1.54, 1.807) is 50.2 Å². The highest BCUT2D eigenvalue weighted by Gasteiger charge is 2.23. The molecule has 0 aliphatic heterocycles. The number of carbonyl (C=O) groups is 1. The van der Waals surface area contributed by atoms with Gasteiger partial charge in [0, 0.05) is 10.4 Å². The van der Waals surface area contributed by atoms with Gasteiger partial charge in [-0.3, -0.25) is 4.79 Å². The molecular weight excluding hydrogens is 362 g/mol. The van der Waals surface area contributed by atoms with Gasteiger partial charge in [-0.1, -0.05) is 43.6 Å². The van der Waals surface area contributed by atoms with E-state index in [-0.39, 0.29) is 16.6 Å². The Morgan fingerprint density at radius 2 is 1.80 bits per heavy atom. The molecule has 0 saturated heterocycles. The van der Waals surface area contributed by atoms with Gasteiger partial charge in [0.05, 0.1) is 22.5 Å². The SMILES string of the molecule is CC(C)C(=O)Oc1cn(S(=O)(=O)c2ccccc2)c2ccc(Cl)cc12. The van der Waals surface area contributed by atoms with Gasteiger partial charge in [0.1, 0.15) is 0 Å². The molecule has 0 spiro atoms. The van der Waals surface area contributed by atoms with E-state index in [2.05, 4.69) is 0 Å². The summed E-state index contributed by atoms with van der Waals surface area (Å²) in [5.41, 5.74) is 0.389. The number of fused-ring (bicyclic) bond motifs is 1. The van der Waals surface area contributed by atoms with Crippen LogP contribution < -0.4 is 4.74 Å². The Morgan fingerprint density at radius 3 is 2.44 bits per heavy atom. The van der Waals surface area contributed by atoms with E-state index in [1.807, 2.05) is 0 Å². The summed E-state index contributed by atoms with van der Waals surface area (Å²) in [5, 5.41) is 0.880. The molecule has 0 radical (unpaired) electrons. The van der Waals surface area contributed by atoms with Gasteiger partial charge in [-0.05, 0) is 30.3 Å². The van der Waals surface area contributed by atoms with Crippen LogP contribution >= 0.6 is 11.6 Å². The number of hydrogen-bond donors (Lipinski definition) is 0. The van der Waals surface area contributed by atoms with Crippen molar-refractivity contribution in [2.45, 2.75) is 18.7 Å². The van der Waals surface area contributed by atoms with Crippen molar-refractivity contribution >= 4 is 38.5 Å². The van der Waals surface area contributed by atoms with Gasteiger partial charge in [0.2, 0.25) is 0 Å². The lowest BCUT2D eigenvalue weighted by Crippen LogP contribution is -2.15. The van der Waals surface area contributed by atoms with Crippen molar-refractivity contribution in [3.8, 4) is 5.75 Å². The second kappa shape index (κ2) is 6.54. The molecule has 7 heteroatoms. The molecule has 0 amide bonds. The van der Waals surface area contributed by atoms with Crippen molar-refractivity contribution in [1.82, 2.24) is 3.97 Å². The maximum Gasteiger partial charge on any atom is 0.313 e. The van der Waals surface area contributed by atoms with E-state index in [1.165, 1.54) is 18.3 Å². The fraction of sp³-hybridized carbons (Fsp3) is 0.167. The van der Waals surface area contributed by atoms with Crippen LogP contribution in [0.3, 0.4) is 0 Å². The van der Waals surface area contributed by atoms with E-state index in [4.69, 9.17) is 16.3 Å². The Hall–Kier alpha value is -2.31. The van der Waals surface area contributed by atoms with Gasteiger partial charge in [0.25, 0.3) is 10.0 Å². The van der Waals surface area contributed by atoms with Crippen molar-refractivity contribution in [3.63, 3.8) is 0 Å². The molecule has 1 heterocycles. The lowest BCUT2D eigenvalue weighted by molar-refractivity contribution is -0.137. The van der Waals surface area contributed by atoms with Crippen molar-refractivity contribution in [2.75, 3.05) is 0 Å². The first-order valence-electron chi connectivity index (χ1n) is 7.63. The first-order valence-corrected chi connectivity index (χ1v) is 9.45. The third-order valence-corrected chi connectivity index (χ3v) is 5.60. The Kier molecular flexibility index (Phi) is 4.58. The largest absolute Gasteiger partial charge is 0.424 e. The second-order valence-corrected chi connectivity index (χ2v) is 8.10. The molecule has 0 saturated carbocycles. The number of esters is 1. The molecule has 0 aliphatic carbocycles. The van der Waals surface area contributed by atoms with Crippen LogP contribution in [0.5, 0.6) is 5.75 Å². The van der Waals surface area contributed by atoms with Crippen molar-refractivity contribution in [1.29, 1.82) is 0 Å². The third-order valence-electron chi connectivity index (χ3n) is 3.68. The van der Waals surface area contributed by atoms with Gasteiger partial charge in [-0.15, -0.1) is 0 Å². The first-order chi connectivity index (χ1) is 11.8. The molecule has 0 aliphatic rings. The predicted octanol–water partition coefficient (Wildman–Crippen LogP) is 4.09. The molecule has 3 rings (SSSR count). The summed E-state index contributed by atoms with van der Waals surface area (Å²) in [6, 6.07) is 12.8. The standard InChI is InChI=1S/C18H16ClNO4S/c1-12(2)18(21)24-17-11-20(16-9-8-13(19)10-15(16)17)25(22,23)14-6-4-3-5-7-14/h3-12H,1-2H3. The zero-order chi connectivity index (χ0) is 18.2. The average Bonchev–Trinajstić information content (AvgIpc) is 2.94. The summed E-state index contributed by atoms with van der Waals surface area (Å²) in [7, 11) is -3.83.